The second kappa shape index (κ2) is 12.4. The zero-order chi connectivity index (χ0) is 30.0. The third kappa shape index (κ3) is 6.07. The molecule has 7 nitrogen and oxygen atoms in total. The smallest absolute Gasteiger partial charge is 0.331 e. The molecule has 2 heterocycles. The second-order valence-electron chi connectivity index (χ2n) is 11.1. The molecule has 2 N–H and O–H groups in total. The number of aryl methyl sites for hydroxylation is 2. The number of piperazine rings is 1. The first kappa shape index (κ1) is 29.4. The third-order valence-electron chi connectivity index (χ3n) is 8.31. The van der Waals surface area contributed by atoms with Crippen molar-refractivity contribution in [3.63, 3.8) is 0 Å². The number of aromatic nitrogens is 2. The van der Waals surface area contributed by atoms with E-state index in [1.54, 1.807) is 6.92 Å². The molecule has 3 aromatic carbocycles. The Labute approximate surface area is 244 Å². The van der Waals surface area contributed by atoms with E-state index < -0.39 is 28.9 Å². The van der Waals surface area contributed by atoms with Crippen molar-refractivity contribution in [2.45, 2.75) is 46.4 Å². The van der Waals surface area contributed by atoms with Gasteiger partial charge in [-0.15, -0.1) is 0 Å². The summed E-state index contributed by atoms with van der Waals surface area (Å²) in [5, 5.41) is 0. The van der Waals surface area contributed by atoms with Crippen molar-refractivity contribution in [3.05, 3.63) is 133 Å². The molecule has 0 bridgehead atoms. The highest BCUT2D eigenvalue weighted by Crippen LogP contribution is 2.21. The zero-order valence-corrected chi connectivity index (χ0v) is 24.3. The summed E-state index contributed by atoms with van der Waals surface area (Å²) in [5.41, 5.74) is 10.4. The largest absolute Gasteiger partial charge is 0.363 e. The van der Waals surface area contributed by atoms with Gasteiger partial charge < -0.3 is 10.6 Å². The quantitative estimate of drug-likeness (QED) is 0.341. The predicted molar refractivity (Wildman–Crippen MR) is 162 cm³/mol. The van der Waals surface area contributed by atoms with Crippen LogP contribution in [0.2, 0.25) is 0 Å². The molecule has 1 aliphatic rings. The Morgan fingerprint density at radius 2 is 1.45 bits per heavy atom. The van der Waals surface area contributed by atoms with Crippen LogP contribution < -0.4 is 21.9 Å². The molecule has 0 spiro atoms. The summed E-state index contributed by atoms with van der Waals surface area (Å²) in [7, 11) is 0. The number of halogens is 2. The number of benzene rings is 3. The number of nitrogens with zero attached hydrogens (tertiary/aromatic N) is 4. The summed E-state index contributed by atoms with van der Waals surface area (Å²) in [6.07, 6.45) is 0. The fourth-order valence-corrected chi connectivity index (χ4v) is 5.63. The summed E-state index contributed by atoms with van der Waals surface area (Å²) < 4.78 is 31.8. The van der Waals surface area contributed by atoms with Gasteiger partial charge in [0.1, 0.15) is 17.3 Å². The molecule has 9 heteroatoms. The van der Waals surface area contributed by atoms with Crippen LogP contribution in [0.25, 0.3) is 0 Å². The summed E-state index contributed by atoms with van der Waals surface area (Å²) >= 11 is 0. The van der Waals surface area contributed by atoms with E-state index in [-0.39, 0.29) is 18.7 Å². The Hall–Kier alpha value is -4.08. The Kier molecular flexibility index (Phi) is 8.70. The maximum absolute atomic E-state index is 14.7. The van der Waals surface area contributed by atoms with Gasteiger partial charge in [-0.1, -0.05) is 54.6 Å². The van der Waals surface area contributed by atoms with Crippen LogP contribution in [0.5, 0.6) is 0 Å². The summed E-state index contributed by atoms with van der Waals surface area (Å²) in [4.78, 5) is 32.0. The fourth-order valence-electron chi connectivity index (χ4n) is 5.63. The number of hydrogen-bond acceptors (Lipinski definition) is 5. The van der Waals surface area contributed by atoms with E-state index in [0.29, 0.717) is 24.5 Å². The van der Waals surface area contributed by atoms with Crippen LogP contribution in [0.1, 0.15) is 39.6 Å². The van der Waals surface area contributed by atoms with Crippen molar-refractivity contribution in [3.8, 4) is 0 Å². The van der Waals surface area contributed by atoms with Crippen LogP contribution >= 0.6 is 0 Å². The van der Waals surface area contributed by atoms with E-state index in [0.717, 1.165) is 41.9 Å². The lowest BCUT2D eigenvalue weighted by Gasteiger charge is -2.37. The first-order valence-corrected chi connectivity index (χ1v) is 14.2. The van der Waals surface area contributed by atoms with Crippen LogP contribution in [-0.4, -0.2) is 40.2 Å². The Morgan fingerprint density at radius 3 is 2.10 bits per heavy atom. The van der Waals surface area contributed by atoms with Crippen LogP contribution in [0.15, 0.2) is 76.3 Å². The molecule has 0 aliphatic carbocycles. The molecule has 0 unspecified atom stereocenters. The van der Waals surface area contributed by atoms with Crippen molar-refractivity contribution in [2.24, 2.45) is 5.73 Å². The average molecular weight is 574 g/mol. The minimum atomic E-state index is -0.749. The standard InChI is InChI=1S/C33H37F2N5O2/c1-22-12-13-25(18-23(22)2)19-37-14-16-38(17-15-37)31-24(3)39(20-27-28(34)10-7-11-29(27)35)33(42)40(32(31)41)21-30(36)26-8-5-4-6-9-26/h4-13,18,30H,14-17,19-21,36H2,1-3H3/t30-/m0/s1. The Bertz CT molecular complexity index is 1670. The fraction of sp³-hybridized carbons (Fsp3) is 0.333. The van der Waals surface area contributed by atoms with Gasteiger partial charge in [-0.2, -0.15) is 0 Å². The van der Waals surface area contributed by atoms with Gasteiger partial charge in [0.05, 0.1) is 13.1 Å². The molecule has 5 rings (SSSR count). The normalized spacial score (nSPS) is 14.8. The number of hydrogen-bond donors (Lipinski definition) is 1. The molecule has 0 radical (unpaired) electrons. The number of anilines is 1. The van der Waals surface area contributed by atoms with Gasteiger partial charge >= 0.3 is 5.69 Å². The molecule has 42 heavy (non-hydrogen) atoms. The third-order valence-corrected chi connectivity index (χ3v) is 8.31. The SMILES string of the molecule is Cc1ccc(CN2CCN(c3c(C)n(Cc4c(F)cccc4F)c(=O)n(C[C@H](N)c4ccccc4)c3=O)CC2)cc1C. The average Bonchev–Trinajstić information content (AvgIpc) is 2.98. The molecule has 1 saturated heterocycles. The monoisotopic (exact) mass is 573 g/mol. The van der Waals surface area contributed by atoms with E-state index in [9.17, 15) is 18.4 Å². The predicted octanol–water partition coefficient (Wildman–Crippen LogP) is 4.28. The van der Waals surface area contributed by atoms with Crippen LogP contribution in [0.4, 0.5) is 14.5 Å². The van der Waals surface area contributed by atoms with Gasteiger partial charge in [-0.25, -0.2) is 13.6 Å². The summed E-state index contributed by atoms with van der Waals surface area (Å²) in [6.45, 7) is 8.83. The summed E-state index contributed by atoms with van der Waals surface area (Å²) in [6, 6.07) is 18.7. The molecule has 220 valence electrons. The van der Waals surface area contributed by atoms with Gasteiger partial charge in [0.15, 0.2) is 0 Å². The number of nitrogens with two attached hydrogens (primary N) is 1. The van der Waals surface area contributed by atoms with E-state index >= 15 is 0 Å². The first-order chi connectivity index (χ1) is 20.1. The van der Waals surface area contributed by atoms with Gasteiger partial charge in [0, 0.05) is 50.0 Å². The van der Waals surface area contributed by atoms with Crippen LogP contribution in [0.3, 0.4) is 0 Å². The minimum absolute atomic E-state index is 0.0680. The first-order valence-electron chi connectivity index (χ1n) is 14.2. The molecular formula is C33H37F2N5O2. The van der Waals surface area contributed by atoms with Gasteiger partial charge in [0.25, 0.3) is 5.56 Å². The van der Waals surface area contributed by atoms with Crippen LogP contribution in [-0.2, 0) is 19.6 Å². The molecular weight excluding hydrogens is 536 g/mol. The van der Waals surface area contributed by atoms with E-state index in [2.05, 4.69) is 36.9 Å². The minimum Gasteiger partial charge on any atom is -0.363 e. The van der Waals surface area contributed by atoms with Crippen molar-refractivity contribution in [1.82, 2.24) is 14.0 Å². The maximum atomic E-state index is 14.7. The Balaban J connectivity index is 1.49. The second-order valence-corrected chi connectivity index (χ2v) is 11.1. The molecule has 4 aromatic rings. The molecule has 1 fully saturated rings. The molecule has 1 aliphatic heterocycles. The molecule has 0 saturated carbocycles. The highest BCUT2D eigenvalue weighted by atomic mass is 19.1. The summed E-state index contributed by atoms with van der Waals surface area (Å²) in [5.74, 6) is -1.50. The molecule has 1 atom stereocenters. The molecule has 0 amide bonds. The van der Waals surface area contributed by atoms with Gasteiger partial charge in [-0.3, -0.25) is 18.8 Å². The topological polar surface area (TPSA) is 76.5 Å². The Morgan fingerprint density at radius 1 is 0.786 bits per heavy atom. The van der Waals surface area contributed by atoms with E-state index in [1.807, 2.05) is 35.2 Å². The van der Waals surface area contributed by atoms with Gasteiger partial charge in [-0.05, 0) is 55.2 Å². The van der Waals surface area contributed by atoms with Crippen molar-refractivity contribution in [2.75, 3.05) is 31.1 Å². The zero-order valence-electron chi connectivity index (χ0n) is 24.3. The van der Waals surface area contributed by atoms with Crippen molar-refractivity contribution >= 4 is 5.69 Å². The van der Waals surface area contributed by atoms with E-state index in [4.69, 9.17) is 5.73 Å². The van der Waals surface area contributed by atoms with Crippen molar-refractivity contribution < 1.29 is 8.78 Å². The molecule has 1 aromatic heterocycles. The van der Waals surface area contributed by atoms with E-state index in [1.165, 1.54) is 27.3 Å². The maximum Gasteiger partial charge on any atom is 0.331 e. The lowest BCUT2D eigenvalue weighted by Crippen LogP contribution is -2.51. The van der Waals surface area contributed by atoms with Gasteiger partial charge in [0.2, 0.25) is 0 Å². The lowest BCUT2D eigenvalue weighted by molar-refractivity contribution is 0.249. The van der Waals surface area contributed by atoms with Crippen LogP contribution in [0, 0.1) is 32.4 Å². The lowest BCUT2D eigenvalue weighted by atomic mass is 10.1. The number of rotatable bonds is 8. The highest BCUT2D eigenvalue weighted by molar-refractivity contribution is 5.50. The van der Waals surface area contributed by atoms with Crippen molar-refractivity contribution in [1.29, 1.82) is 0 Å². The highest BCUT2D eigenvalue weighted by Gasteiger charge is 2.26.